The summed E-state index contributed by atoms with van der Waals surface area (Å²) in [5.74, 6) is 0. The summed E-state index contributed by atoms with van der Waals surface area (Å²) in [6.07, 6.45) is -5.01. The molecule has 0 saturated carbocycles. The number of hydrogen-bond donors (Lipinski definition) is 1. The number of hydrogen-bond acceptors (Lipinski definition) is 4. The highest BCUT2D eigenvalue weighted by Crippen LogP contribution is 2.29. The van der Waals surface area contributed by atoms with E-state index in [0.29, 0.717) is 33.1 Å². The van der Waals surface area contributed by atoms with E-state index in [0.717, 1.165) is 12.1 Å². The molecule has 2 aromatic rings. The number of alkyl carbamates (subject to hydrolysis) is 1. The van der Waals surface area contributed by atoms with Crippen molar-refractivity contribution in [2.24, 2.45) is 10.2 Å². The Morgan fingerprint density at radius 1 is 1.07 bits per heavy atom. The summed E-state index contributed by atoms with van der Waals surface area (Å²) < 4.78 is 43.1. The molecule has 0 atom stereocenters. The van der Waals surface area contributed by atoms with E-state index in [-0.39, 0.29) is 6.54 Å². The largest absolute Gasteiger partial charge is 0.453 e. The Labute approximate surface area is 171 Å². The van der Waals surface area contributed by atoms with E-state index in [1.165, 1.54) is 19.2 Å². The Morgan fingerprint density at radius 3 is 2.28 bits per heavy atom. The molecule has 154 valence electrons. The van der Waals surface area contributed by atoms with Crippen LogP contribution < -0.4 is 5.32 Å². The number of alkyl halides is 3. The van der Waals surface area contributed by atoms with Crippen molar-refractivity contribution < 1.29 is 22.7 Å². The number of rotatable bonds is 5. The molecular weight excluding hydrogens is 407 g/mol. The van der Waals surface area contributed by atoms with Crippen LogP contribution in [0.25, 0.3) is 0 Å². The second-order valence-electron chi connectivity index (χ2n) is 6.10. The van der Waals surface area contributed by atoms with Gasteiger partial charge >= 0.3 is 12.3 Å². The molecular formula is C20H19ClF3N3O2. The van der Waals surface area contributed by atoms with Gasteiger partial charge in [-0.05, 0) is 54.8 Å². The topological polar surface area (TPSA) is 63.0 Å². The van der Waals surface area contributed by atoms with E-state index in [9.17, 15) is 18.0 Å². The second kappa shape index (κ2) is 9.56. The molecule has 0 aromatic heterocycles. The van der Waals surface area contributed by atoms with Crippen LogP contribution in [-0.2, 0) is 17.5 Å². The van der Waals surface area contributed by atoms with Gasteiger partial charge in [0.05, 0.1) is 24.1 Å². The summed E-state index contributed by atoms with van der Waals surface area (Å²) in [7, 11) is 1.26. The first-order chi connectivity index (χ1) is 13.6. The smallest absolute Gasteiger partial charge is 0.416 e. The molecule has 0 saturated heterocycles. The molecule has 9 heteroatoms. The van der Waals surface area contributed by atoms with Gasteiger partial charge in [0.2, 0.25) is 0 Å². The van der Waals surface area contributed by atoms with Gasteiger partial charge in [-0.2, -0.15) is 23.4 Å². The van der Waals surface area contributed by atoms with Crippen molar-refractivity contribution in [1.29, 1.82) is 0 Å². The van der Waals surface area contributed by atoms with Crippen LogP contribution in [-0.4, -0.2) is 24.6 Å². The third-order valence-corrected chi connectivity index (χ3v) is 4.40. The SMILES string of the molecule is COC(=O)NCc1cc(C(C)=NN=C(C)c2cccc(C(F)(F)F)c2)ccc1Cl. The zero-order valence-corrected chi connectivity index (χ0v) is 16.7. The third-order valence-electron chi connectivity index (χ3n) is 4.03. The predicted molar refractivity (Wildman–Crippen MR) is 107 cm³/mol. The summed E-state index contributed by atoms with van der Waals surface area (Å²) in [4.78, 5) is 11.2. The van der Waals surface area contributed by atoms with E-state index in [2.05, 4.69) is 20.3 Å². The fraction of sp³-hybridized carbons (Fsp3) is 0.250. The van der Waals surface area contributed by atoms with Crippen LogP contribution in [0.1, 0.15) is 36.1 Å². The van der Waals surface area contributed by atoms with Crippen molar-refractivity contribution in [3.05, 3.63) is 69.7 Å². The third kappa shape index (κ3) is 6.32. The molecule has 0 fully saturated rings. The predicted octanol–water partition coefficient (Wildman–Crippen LogP) is 5.45. The summed E-state index contributed by atoms with van der Waals surface area (Å²) in [5.41, 5.74) is 1.82. The maximum Gasteiger partial charge on any atom is 0.416 e. The molecule has 0 aliphatic carbocycles. The van der Waals surface area contributed by atoms with Crippen LogP contribution in [0.3, 0.4) is 0 Å². The first-order valence-electron chi connectivity index (χ1n) is 8.49. The second-order valence-corrected chi connectivity index (χ2v) is 6.51. The average molecular weight is 426 g/mol. The molecule has 1 amide bonds. The Hall–Kier alpha value is -2.87. The minimum atomic E-state index is -4.42. The van der Waals surface area contributed by atoms with Crippen molar-refractivity contribution in [3.8, 4) is 0 Å². The van der Waals surface area contributed by atoms with Gasteiger partial charge in [-0.15, -0.1) is 0 Å². The Kier molecular flexibility index (Phi) is 7.39. The quantitative estimate of drug-likeness (QED) is 0.511. The zero-order valence-electron chi connectivity index (χ0n) is 16.0. The van der Waals surface area contributed by atoms with Gasteiger partial charge in [0.1, 0.15) is 0 Å². The van der Waals surface area contributed by atoms with E-state index >= 15 is 0 Å². The number of ether oxygens (including phenoxy) is 1. The molecule has 2 aromatic carbocycles. The van der Waals surface area contributed by atoms with Gasteiger partial charge in [0.15, 0.2) is 0 Å². The number of methoxy groups -OCH3 is 1. The fourth-order valence-corrected chi connectivity index (χ4v) is 2.55. The van der Waals surface area contributed by atoms with Crippen molar-refractivity contribution >= 4 is 29.1 Å². The van der Waals surface area contributed by atoms with Gasteiger partial charge in [-0.3, -0.25) is 0 Å². The Balaban J connectivity index is 2.23. The van der Waals surface area contributed by atoms with E-state index in [4.69, 9.17) is 11.6 Å². The number of carbonyl (C=O) groups is 1. The lowest BCUT2D eigenvalue weighted by Gasteiger charge is -2.09. The Morgan fingerprint density at radius 2 is 1.69 bits per heavy atom. The van der Waals surface area contributed by atoms with Gasteiger partial charge in [-0.25, -0.2) is 4.79 Å². The lowest BCUT2D eigenvalue weighted by Crippen LogP contribution is -2.22. The molecule has 0 spiro atoms. The maximum absolute atomic E-state index is 12.9. The zero-order chi connectivity index (χ0) is 21.6. The highest BCUT2D eigenvalue weighted by molar-refractivity contribution is 6.31. The van der Waals surface area contributed by atoms with Gasteiger partial charge in [-0.1, -0.05) is 29.8 Å². The van der Waals surface area contributed by atoms with Crippen molar-refractivity contribution in [1.82, 2.24) is 5.32 Å². The minimum Gasteiger partial charge on any atom is -0.453 e. The van der Waals surface area contributed by atoms with E-state index in [1.807, 2.05) is 0 Å². The summed E-state index contributed by atoms with van der Waals surface area (Å²) in [5, 5.41) is 11.2. The van der Waals surface area contributed by atoms with Crippen molar-refractivity contribution in [2.75, 3.05) is 7.11 Å². The van der Waals surface area contributed by atoms with Crippen LogP contribution in [0.5, 0.6) is 0 Å². The minimum absolute atomic E-state index is 0.166. The highest BCUT2D eigenvalue weighted by atomic mass is 35.5. The number of nitrogens with one attached hydrogen (secondary N) is 1. The molecule has 0 bridgehead atoms. The summed E-state index contributed by atoms with van der Waals surface area (Å²) in [6.45, 7) is 3.46. The first kappa shape index (κ1) is 22.4. The lowest BCUT2D eigenvalue weighted by atomic mass is 10.1. The Bertz CT molecular complexity index is 956. The van der Waals surface area contributed by atoms with Crippen molar-refractivity contribution in [3.63, 3.8) is 0 Å². The average Bonchev–Trinajstić information content (AvgIpc) is 2.70. The molecule has 29 heavy (non-hydrogen) atoms. The molecule has 2 rings (SSSR count). The molecule has 0 radical (unpaired) electrons. The highest BCUT2D eigenvalue weighted by Gasteiger charge is 2.30. The molecule has 0 unspecified atom stereocenters. The van der Waals surface area contributed by atoms with Crippen LogP contribution >= 0.6 is 11.6 Å². The number of carbonyl (C=O) groups excluding carboxylic acids is 1. The number of halogens is 4. The number of amides is 1. The van der Waals surface area contributed by atoms with Crippen LogP contribution in [0.2, 0.25) is 5.02 Å². The molecule has 0 aliphatic rings. The molecule has 0 aliphatic heterocycles. The first-order valence-corrected chi connectivity index (χ1v) is 8.86. The molecule has 1 N–H and O–H groups in total. The van der Waals surface area contributed by atoms with Gasteiger partial charge in [0.25, 0.3) is 0 Å². The van der Waals surface area contributed by atoms with Crippen molar-refractivity contribution in [2.45, 2.75) is 26.6 Å². The fourth-order valence-electron chi connectivity index (χ4n) is 2.36. The maximum atomic E-state index is 12.9. The molecule has 0 heterocycles. The normalized spacial score (nSPS) is 12.7. The number of nitrogens with zero attached hydrogens (tertiary/aromatic N) is 2. The van der Waals surface area contributed by atoms with Crippen LogP contribution in [0.4, 0.5) is 18.0 Å². The monoisotopic (exact) mass is 425 g/mol. The van der Waals surface area contributed by atoms with Crippen LogP contribution in [0.15, 0.2) is 52.7 Å². The standard InChI is InChI=1S/C20H19ClF3N3O2/c1-12(14-5-4-6-17(10-14)20(22,23)24)26-27-13(2)15-7-8-18(21)16(9-15)11-25-19(28)29-3/h4-10H,11H2,1-3H3,(H,25,28). The lowest BCUT2D eigenvalue weighted by molar-refractivity contribution is -0.137. The van der Waals surface area contributed by atoms with Crippen LogP contribution in [0, 0.1) is 0 Å². The summed E-state index contributed by atoms with van der Waals surface area (Å²) in [6, 6.07) is 10.0. The van der Waals surface area contributed by atoms with Gasteiger partial charge < -0.3 is 10.1 Å². The van der Waals surface area contributed by atoms with Gasteiger partial charge in [0, 0.05) is 11.6 Å². The summed E-state index contributed by atoms with van der Waals surface area (Å²) >= 11 is 6.14. The van der Waals surface area contributed by atoms with E-state index < -0.39 is 17.8 Å². The number of benzene rings is 2. The molecule has 5 nitrogen and oxygen atoms in total. The van der Waals surface area contributed by atoms with E-state index in [1.54, 1.807) is 32.0 Å².